The van der Waals surface area contributed by atoms with E-state index in [1.807, 2.05) is 26.0 Å². The molecule has 0 bridgehead atoms. The van der Waals surface area contributed by atoms with E-state index in [9.17, 15) is 0 Å². The van der Waals surface area contributed by atoms with Gasteiger partial charge in [-0.25, -0.2) is 9.97 Å². The van der Waals surface area contributed by atoms with Crippen molar-refractivity contribution in [2.45, 2.75) is 41.0 Å². The fraction of sp³-hybridized carbons (Fsp3) is 0.455. The minimum absolute atomic E-state index is 0.622. The Kier molecular flexibility index (Phi) is 6.98. The summed E-state index contributed by atoms with van der Waals surface area (Å²) >= 11 is 6.38. The molecule has 7 heteroatoms. The highest BCUT2D eigenvalue weighted by Crippen LogP contribution is 2.36. The van der Waals surface area contributed by atoms with Crippen molar-refractivity contribution < 1.29 is 4.74 Å². The van der Waals surface area contributed by atoms with Crippen molar-refractivity contribution in [1.82, 2.24) is 14.9 Å². The molecular formula is C22H30ClN5O. The fourth-order valence-corrected chi connectivity index (χ4v) is 3.59. The van der Waals surface area contributed by atoms with E-state index < -0.39 is 0 Å². The number of likely N-dealkylation sites (N-methyl/N-ethyl adjacent to an activating group) is 1. The first-order valence-corrected chi connectivity index (χ1v) is 10.6. The van der Waals surface area contributed by atoms with Crippen LogP contribution in [0.1, 0.15) is 39.7 Å². The molecule has 0 aromatic carbocycles. The average Bonchev–Trinajstić information content (AvgIpc) is 2.71. The van der Waals surface area contributed by atoms with Crippen molar-refractivity contribution in [2.24, 2.45) is 0 Å². The Bertz CT molecular complexity index is 1000. The summed E-state index contributed by atoms with van der Waals surface area (Å²) in [5.41, 5.74) is 2.96. The van der Waals surface area contributed by atoms with Crippen molar-refractivity contribution in [3.63, 3.8) is 0 Å². The van der Waals surface area contributed by atoms with E-state index in [0.717, 1.165) is 59.8 Å². The molecule has 0 saturated carbocycles. The van der Waals surface area contributed by atoms with Gasteiger partial charge in [0.1, 0.15) is 12.4 Å². The van der Waals surface area contributed by atoms with E-state index in [2.05, 4.69) is 41.3 Å². The number of halogens is 1. The molecule has 2 N–H and O–H groups in total. The van der Waals surface area contributed by atoms with Crippen LogP contribution in [0.15, 0.2) is 18.3 Å². The molecule has 2 aromatic rings. The molecule has 0 aliphatic carbocycles. The van der Waals surface area contributed by atoms with Crippen molar-refractivity contribution in [1.29, 1.82) is 0 Å². The Morgan fingerprint density at radius 3 is 2.66 bits per heavy atom. The quantitative estimate of drug-likeness (QED) is 0.611. The number of fused-ring (bicyclic) bond motifs is 2. The van der Waals surface area contributed by atoms with Crippen LogP contribution in [0.3, 0.4) is 0 Å². The second kappa shape index (κ2) is 9.46. The van der Waals surface area contributed by atoms with Crippen LogP contribution in [0.4, 0.5) is 23.0 Å². The minimum Gasteiger partial charge on any atom is -0.496 e. The maximum atomic E-state index is 6.38. The van der Waals surface area contributed by atoms with Gasteiger partial charge in [0.25, 0.3) is 0 Å². The smallest absolute Gasteiger partial charge is 0.156 e. The molecule has 156 valence electrons. The summed E-state index contributed by atoms with van der Waals surface area (Å²) in [5.74, 6) is 2.30. The maximum Gasteiger partial charge on any atom is 0.156 e. The first-order chi connectivity index (χ1) is 13.9. The van der Waals surface area contributed by atoms with E-state index in [1.54, 1.807) is 6.20 Å². The number of rotatable bonds is 7. The zero-order chi connectivity index (χ0) is 21.0. The first-order valence-electron chi connectivity index (χ1n) is 10.2. The summed E-state index contributed by atoms with van der Waals surface area (Å²) in [6, 6.07) is 4.03. The Labute approximate surface area is 177 Å². The van der Waals surface area contributed by atoms with E-state index in [-0.39, 0.29) is 0 Å². The number of hydrogen-bond donors (Lipinski definition) is 2. The van der Waals surface area contributed by atoms with Gasteiger partial charge in [-0.05, 0) is 58.0 Å². The van der Waals surface area contributed by atoms with Crippen LogP contribution < -0.4 is 21.2 Å². The lowest BCUT2D eigenvalue weighted by Gasteiger charge is -2.23. The van der Waals surface area contributed by atoms with Gasteiger partial charge in [0.15, 0.2) is 11.6 Å². The Hall–Kier alpha value is -2.31. The van der Waals surface area contributed by atoms with Crippen LogP contribution in [0, 0.1) is 6.92 Å². The van der Waals surface area contributed by atoms with Crippen LogP contribution >= 0.6 is 11.6 Å². The second-order valence-electron chi connectivity index (χ2n) is 7.25. The molecule has 0 saturated heterocycles. The van der Waals surface area contributed by atoms with Crippen LogP contribution in [-0.4, -0.2) is 41.1 Å². The van der Waals surface area contributed by atoms with Gasteiger partial charge in [0.05, 0.1) is 16.7 Å². The number of anilines is 4. The van der Waals surface area contributed by atoms with Crippen LogP contribution in [0.25, 0.3) is 10.8 Å². The molecule has 0 fully saturated rings. The third-order valence-electron chi connectivity index (χ3n) is 5.10. The average molecular weight is 416 g/mol. The molecule has 0 unspecified atom stereocenters. The van der Waals surface area contributed by atoms with E-state index in [4.69, 9.17) is 21.3 Å². The maximum absolute atomic E-state index is 6.38. The number of ether oxygens (including phenoxy) is 1. The highest BCUT2D eigenvalue weighted by Gasteiger charge is 2.19. The second-order valence-corrected chi connectivity index (χ2v) is 7.82. The molecule has 0 spiro atoms. The SMILES string of the molecule is CCCN(CC)CCO/C(C)=c1\cc2c(n\c1=C(\C)Cl)Nc1nccc(C)c1N2. The predicted octanol–water partition coefficient (Wildman–Crippen LogP) is 3.83. The van der Waals surface area contributed by atoms with Gasteiger partial charge in [-0.15, -0.1) is 0 Å². The number of pyridine rings is 2. The number of hydrogen-bond acceptors (Lipinski definition) is 6. The van der Waals surface area contributed by atoms with Crippen molar-refractivity contribution in [3.8, 4) is 0 Å². The standard InChI is InChI=1S/C22H30ClN5O/c1-6-10-28(7-2)11-12-29-16(5)17-13-18-21(26-20(17)15(4)23)27-22-19(25-18)14(3)8-9-24-22/h8-9,13,25H,6-7,10-12H2,1-5H3,(H,24,26,27)/b17-16+,20-15-. The Morgan fingerprint density at radius 2 is 1.97 bits per heavy atom. The van der Waals surface area contributed by atoms with Crippen molar-refractivity contribution in [3.05, 3.63) is 34.5 Å². The summed E-state index contributed by atoms with van der Waals surface area (Å²) in [4.78, 5) is 11.5. The lowest BCUT2D eigenvalue weighted by molar-refractivity contribution is 0.193. The Balaban J connectivity index is 1.93. The summed E-state index contributed by atoms with van der Waals surface area (Å²) in [6.45, 7) is 13.9. The summed E-state index contributed by atoms with van der Waals surface area (Å²) in [5, 5.41) is 9.00. The van der Waals surface area contributed by atoms with E-state index >= 15 is 0 Å². The van der Waals surface area contributed by atoms with Gasteiger partial charge in [-0.2, -0.15) is 0 Å². The van der Waals surface area contributed by atoms with Gasteiger partial charge in [0.2, 0.25) is 0 Å². The third-order valence-corrected chi connectivity index (χ3v) is 5.28. The molecule has 29 heavy (non-hydrogen) atoms. The molecule has 0 amide bonds. The number of nitrogens with one attached hydrogen (secondary N) is 2. The highest BCUT2D eigenvalue weighted by atomic mass is 35.5. The molecular weight excluding hydrogens is 386 g/mol. The molecule has 0 radical (unpaired) electrons. The number of aryl methyl sites for hydroxylation is 1. The Morgan fingerprint density at radius 1 is 1.17 bits per heavy atom. The number of aromatic nitrogens is 2. The molecule has 3 rings (SSSR count). The van der Waals surface area contributed by atoms with Crippen molar-refractivity contribution >= 4 is 45.4 Å². The summed E-state index contributed by atoms with van der Waals surface area (Å²) in [7, 11) is 0. The molecule has 2 aromatic heterocycles. The first kappa shape index (κ1) is 21.4. The normalized spacial score (nSPS) is 14.4. The monoisotopic (exact) mass is 415 g/mol. The zero-order valence-corrected chi connectivity index (χ0v) is 18.7. The van der Waals surface area contributed by atoms with Gasteiger partial charge >= 0.3 is 0 Å². The molecule has 1 aliphatic heterocycles. The minimum atomic E-state index is 0.622. The fourth-order valence-electron chi connectivity index (χ4n) is 3.44. The molecule has 3 heterocycles. The van der Waals surface area contributed by atoms with Crippen molar-refractivity contribution in [2.75, 3.05) is 36.9 Å². The third kappa shape index (κ3) is 4.82. The molecule has 1 aliphatic rings. The van der Waals surface area contributed by atoms with Crippen LogP contribution in [0.5, 0.6) is 0 Å². The number of nitrogens with zero attached hydrogens (tertiary/aromatic N) is 3. The van der Waals surface area contributed by atoms with Gasteiger partial charge < -0.3 is 20.3 Å². The molecule has 0 atom stereocenters. The largest absolute Gasteiger partial charge is 0.496 e. The van der Waals surface area contributed by atoms with Crippen LogP contribution in [0.2, 0.25) is 0 Å². The zero-order valence-electron chi connectivity index (χ0n) is 17.9. The summed E-state index contributed by atoms with van der Waals surface area (Å²) < 4.78 is 6.08. The van der Waals surface area contributed by atoms with Gasteiger partial charge in [0, 0.05) is 23.0 Å². The van der Waals surface area contributed by atoms with Crippen LogP contribution in [-0.2, 0) is 4.74 Å². The van der Waals surface area contributed by atoms with E-state index in [0.29, 0.717) is 22.8 Å². The molecule has 6 nitrogen and oxygen atoms in total. The van der Waals surface area contributed by atoms with Gasteiger partial charge in [-0.1, -0.05) is 25.4 Å². The lowest BCUT2D eigenvalue weighted by Crippen LogP contribution is -2.34. The van der Waals surface area contributed by atoms with Gasteiger partial charge in [-0.3, -0.25) is 0 Å². The lowest BCUT2D eigenvalue weighted by atomic mass is 10.1. The predicted molar refractivity (Wildman–Crippen MR) is 121 cm³/mol. The summed E-state index contributed by atoms with van der Waals surface area (Å²) in [6.07, 6.45) is 2.93. The van der Waals surface area contributed by atoms with E-state index in [1.165, 1.54) is 0 Å². The topological polar surface area (TPSA) is 62.3 Å². The highest BCUT2D eigenvalue weighted by molar-refractivity contribution is 6.44.